The second-order valence-corrected chi connectivity index (χ2v) is 12.1. The Morgan fingerprint density at radius 2 is 1.41 bits per heavy atom. The average molecular weight is 606 g/mol. The minimum atomic E-state index is 0.0112. The number of aliphatic imine (C=N–C) groups is 1. The van der Waals surface area contributed by atoms with Crippen molar-refractivity contribution in [2.75, 3.05) is 20.3 Å². The SMILES string of the molecule is COc1cc2c(cc1OCCCn1c3ccc(-c4ccccc4)cc3c3cc(-c4ccccc4)ccc31)N=C[C@@H]1CCCN1C2=O. The summed E-state index contributed by atoms with van der Waals surface area (Å²) >= 11 is 0. The molecule has 0 aliphatic carbocycles. The lowest BCUT2D eigenvalue weighted by Gasteiger charge is -2.20. The zero-order valence-corrected chi connectivity index (χ0v) is 25.9. The third-order valence-corrected chi connectivity index (χ3v) is 9.32. The van der Waals surface area contributed by atoms with Gasteiger partial charge in [0.15, 0.2) is 11.5 Å². The summed E-state index contributed by atoms with van der Waals surface area (Å²) < 4.78 is 14.4. The molecular formula is C40H35N3O3. The molecule has 0 radical (unpaired) electrons. The van der Waals surface area contributed by atoms with Crippen LogP contribution in [-0.2, 0) is 6.54 Å². The van der Waals surface area contributed by atoms with E-state index in [0.29, 0.717) is 29.4 Å². The maximum absolute atomic E-state index is 13.3. The predicted octanol–water partition coefficient (Wildman–Crippen LogP) is 8.93. The summed E-state index contributed by atoms with van der Waals surface area (Å²) in [6, 6.07) is 38.4. The molecule has 0 bridgehead atoms. The number of hydrogen-bond acceptors (Lipinski definition) is 4. The van der Waals surface area contributed by atoms with E-state index in [0.717, 1.165) is 32.4 Å². The summed E-state index contributed by atoms with van der Waals surface area (Å²) in [4.78, 5) is 19.8. The van der Waals surface area contributed by atoms with Crippen LogP contribution in [0.5, 0.6) is 11.5 Å². The fourth-order valence-corrected chi connectivity index (χ4v) is 6.99. The molecule has 1 fully saturated rings. The molecule has 1 atom stereocenters. The number of aryl methyl sites for hydroxylation is 1. The maximum atomic E-state index is 13.3. The number of carbonyl (C=O) groups is 1. The summed E-state index contributed by atoms with van der Waals surface area (Å²) in [7, 11) is 1.61. The van der Waals surface area contributed by atoms with Crippen molar-refractivity contribution in [2.45, 2.75) is 31.8 Å². The van der Waals surface area contributed by atoms with Crippen molar-refractivity contribution >= 4 is 39.6 Å². The molecule has 0 unspecified atom stereocenters. The van der Waals surface area contributed by atoms with Crippen LogP contribution in [-0.4, -0.2) is 47.9 Å². The first kappa shape index (κ1) is 28.1. The number of aromatic nitrogens is 1. The first-order chi connectivity index (χ1) is 22.7. The van der Waals surface area contributed by atoms with E-state index in [1.165, 1.54) is 44.1 Å². The molecule has 8 rings (SSSR count). The molecule has 1 aromatic heterocycles. The Labute approximate surface area is 268 Å². The number of methoxy groups -OCH3 is 1. The molecule has 1 amide bonds. The second-order valence-electron chi connectivity index (χ2n) is 12.1. The summed E-state index contributed by atoms with van der Waals surface area (Å²) in [5.74, 6) is 1.17. The van der Waals surface area contributed by atoms with Gasteiger partial charge in [-0.1, -0.05) is 72.8 Å². The van der Waals surface area contributed by atoms with Crippen molar-refractivity contribution < 1.29 is 14.3 Å². The number of rotatable bonds is 8. The fraction of sp³-hybridized carbons (Fsp3) is 0.200. The van der Waals surface area contributed by atoms with Gasteiger partial charge in [-0.15, -0.1) is 0 Å². The quantitative estimate of drug-likeness (QED) is 0.163. The Morgan fingerprint density at radius 3 is 2.04 bits per heavy atom. The summed E-state index contributed by atoms with van der Waals surface area (Å²) in [6.45, 7) is 2.04. The zero-order chi connectivity index (χ0) is 31.0. The largest absolute Gasteiger partial charge is 0.493 e. The highest BCUT2D eigenvalue weighted by molar-refractivity contribution is 6.10. The van der Waals surface area contributed by atoms with Gasteiger partial charge in [0.25, 0.3) is 5.91 Å². The van der Waals surface area contributed by atoms with Crippen molar-refractivity contribution in [1.82, 2.24) is 9.47 Å². The Morgan fingerprint density at radius 1 is 0.761 bits per heavy atom. The summed E-state index contributed by atoms with van der Waals surface area (Å²) in [6.07, 6.45) is 4.65. The summed E-state index contributed by atoms with van der Waals surface area (Å²) in [5.41, 5.74) is 8.45. The molecule has 0 N–H and O–H groups in total. The number of nitrogens with zero attached hydrogens (tertiary/aromatic N) is 3. The molecular weight excluding hydrogens is 570 g/mol. The van der Waals surface area contributed by atoms with Crippen LogP contribution in [0.1, 0.15) is 29.6 Å². The minimum absolute atomic E-state index is 0.0112. The lowest BCUT2D eigenvalue weighted by Crippen LogP contribution is -2.35. The van der Waals surface area contributed by atoms with Gasteiger partial charge in [0.2, 0.25) is 0 Å². The lowest BCUT2D eigenvalue weighted by molar-refractivity contribution is 0.0774. The number of ether oxygens (including phenoxy) is 2. The van der Waals surface area contributed by atoms with Gasteiger partial charge in [0.05, 0.1) is 31.0 Å². The van der Waals surface area contributed by atoms with Crippen LogP contribution in [0.15, 0.2) is 114 Å². The lowest BCUT2D eigenvalue weighted by atomic mass is 10.0. The monoisotopic (exact) mass is 605 g/mol. The molecule has 6 heteroatoms. The van der Waals surface area contributed by atoms with Gasteiger partial charge in [0, 0.05) is 47.2 Å². The smallest absolute Gasteiger partial charge is 0.256 e. The van der Waals surface area contributed by atoms with Crippen LogP contribution in [0.4, 0.5) is 5.69 Å². The van der Waals surface area contributed by atoms with Gasteiger partial charge in [-0.05, 0) is 71.8 Å². The predicted molar refractivity (Wildman–Crippen MR) is 186 cm³/mol. The average Bonchev–Trinajstić information content (AvgIpc) is 3.68. The van der Waals surface area contributed by atoms with Gasteiger partial charge >= 0.3 is 0 Å². The van der Waals surface area contributed by atoms with Crippen LogP contribution in [0.25, 0.3) is 44.1 Å². The van der Waals surface area contributed by atoms with Crippen LogP contribution in [0.3, 0.4) is 0 Å². The number of carbonyl (C=O) groups excluding carboxylic acids is 1. The first-order valence-corrected chi connectivity index (χ1v) is 16.0. The number of fused-ring (bicyclic) bond motifs is 5. The van der Waals surface area contributed by atoms with Crippen molar-refractivity contribution in [3.8, 4) is 33.8 Å². The molecule has 1 saturated heterocycles. The van der Waals surface area contributed by atoms with E-state index in [-0.39, 0.29) is 11.9 Å². The van der Waals surface area contributed by atoms with E-state index < -0.39 is 0 Å². The molecule has 6 aromatic rings. The first-order valence-electron chi connectivity index (χ1n) is 16.0. The number of hydrogen-bond donors (Lipinski definition) is 0. The topological polar surface area (TPSA) is 56.1 Å². The third-order valence-electron chi connectivity index (χ3n) is 9.32. The molecule has 2 aliphatic rings. The Kier molecular flexibility index (Phi) is 7.25. The van der Waals surface area contributed by atoms with Crippen molar-refractivity contribution in [3.63, 3.8) is 0 Å². The third kappa shape index (κ3) is 5.00. The van der Waals surface area contributed by atoms with E-state index in [1.807, 2.05) is 17.2 Å². The second kappa shape index (κ2) is 11.9. The molecule has 6 nitrogen and oxygen atoms in total. The van der Waals surface area contributed by atoms with E-state index in [9.17, 15) is 4.79 Å². The standard InChI is InChI=1S/C40H35N3O3/c1-45-38-24-34-35(41-26-31-14-8-19-42(31)40(34)44)25-39(38)46-21-9-20-43-36-17-15-29(27-10-4-2-5-11-27)22-32(36)33-23-30(16-18-37(33)43)28-12-6-3-7-13-28/h2-7,10-13,15-18,22-26,31H,8-9,14,19-21H2,1H3/t31-/m0/s1. The van der Waals surface area contributed by atoms with E-state index in [1.54, 1.807) is 13.2 Å². The fourth-order valence-electron chi connectivity index (χ4n) is 6.99. The minimum Gasteiger partial charge on any atom is -0.493 e. The van der Waals surface area contributed by atoms with Crippen LogP contribution >= 0.6 is 0 Å². The highest BCUT2D eigenvalue weighted by Gasteiger charge is 2.32. The van der Waals surface area contributed by atoms with Crippen LogP contribution in [0, 0.1) is 0 Å². The molecule has 2 aliphatic heterocycles. The number of benzene rings is 5. The Bertz CT molecular complexity index is 2000. The molecule has 5 aromatic carbocycles. The normalized spacial score (nSPS) is 15.6. The van der Waals surface area contributed by atoms with Crippen LogP contribution < -0.4 is 9.47 Å². The zero-order valence-electron chi connectivity index (χ0n) is 25.9. The highest BCUT2D eigenvalue weighted by atomic mass is 16.5. The molecule has 46 heavy (non-hydrogen) atoms. The van der Waals surface area contributed by atoms with Gasteiger partial charge in [0.1, 0.15) is 0 Å². The van der Waals surface area contributed by atoms with Gasteiger partial charge in [-0.2, -0.15) is 0 Å². The van der Waals surface area contributed by atoms with E-state index in [4.69, 9.17) is 9.47 Å². The molecule has 228 valence electrons. The van der Waals surface area contributed by atoms with Gasteiger partial charge < -0.3 is 18.9 Å². The van der Waals surface area contributed by atoms with E-state index >= 15 is 0 Å². The van der Waals surface area contributed by atoms with Crippen molar-refractivity contribution in [1.29, 1.82) is 0 Å². The Hall–Kier alpha value is -5.36. The van der Waals surface area contributed by atoms with E-state index in [2.05, 4.69) is 107 Å². The summed E-state index contributed by atoms with van der Waals surface area (Å²) in [5, 5.41) is 2.48. The van der Waals surface area contributed by atoms with Gasteiger partial charge in [-0.3, -0.25) is 9.79 Å². The molecule has 0 saturated carbocycles. The highest BCUT2D eigenvalue weighted by Crippen LogP contribution is 2.39. The molecule has 3 heterocycles. The van der Waals surface area contributed by atoms with Crippen LogP contribution in [0.2, 0.25) is 0 Å². The van der Waals surface area contributed by atoms with Gasteiger partial charge in [-0.25, -0.2) is 0 Å². The maximum Gasteiger partial charge on any atom is 0.256 e. The Balaban J connectivity index is 1.09. The van der Waals surface area contributed by atoms with Crippen molar-refractivity contribution in [3.05, 3.63) is 115 Å². The molecule has 0 spiro atoms. The number of amides is 1. The van der Waals surface area contributed by atoms with Crippen molar-refractivity contribution in [2.24, 2.45) is 4.99 Å².